The molecule has 60 valence electrons. The average molecular weight is 151 g/mol. The van der Waals surface area contributed by atoms with E-state index in [1.165, 1.54) is 0 Å². The summed E-state index contributed by atoms with van der Waals surface area (Å²) in [4.78, 5) is 0. The Morgan fingerprint density at radius 3 is 2.45 bits per heavy atom. The molecule has 0 amide bonds. The van der Waals surface area contributed by atoms with Crippen LogP contribution in [0.15, 0.2) is 24.3 Å². The molecule has 0 radical (unpaired) electrons. The molecule has 0 saturated carbocycles. The number of benzene rings is 1. The highest BCUT2D eigenvalue weighted by Crippen LogP contribution is 2.15. The van der Waals surface area contributed by atoms with Crippen molar-refractivity contribution in [3.8, 4) is 0 Å². The van der Waals surface area contributed by atoms with E-state index in [-0.39, 0.29) is 0 Å². The smallest absolute Gasteiger partial charge is 0.151 e. The fourth-order valence-electron chi connectivity index (χ4n) is 0.972. The predicted molar refractivity (Wildman–Crippen MR) is 47.7 cm³/mol. The van der Waals surface area contributed by atoms with Crippen LogP contribution in [-0.4, -0.2) is 6.04 Å². The predicted octanol–water partition coefficient (Wildman–Crippen LogP) is 1.38. The lowest BCUT2D eigenvalue weighted by atomic mass is 10.2. The number of hydrogen-bond acceptors (Lipinski definition) is 1. The minimum atomic E-state index is 0.470. The zero-order chi connectivity index (χ0) is 8.27. The third-order valence-electron chi connectivity index (χ3n) is 1.46. The maximum absolute atomic E-state index is 3.91. The van der Waals surface area contributed by atoms with Crippen molar-refractivity contribution in [1.29, 1.82) is 0 Å². The van der Waals surface area contributed by atoms with Gasteiger partial charge in [-0.3, -0.25) is 0 Å². The van der Waals surface area contributed by atoms with Crippen molar-refractivity contribution in [3.05, 3.63) is 24.3 Å². The van der Waals surface area contributed by atoms with Gasteiger partial charge in [-0.05, 0) is 19.9 Å². The summed E-state index contributed by atoms with van der Waals surface area (Å²) < 4.78 is 0. The molecule has 0 aromatic heterocycles. The van der Waals surface area contributed by atoms with Crippen molar-refractivity contribution in [1.82, 2.24) is 0 Å². The van der Waals surface area contributed by atoms with E-state index in [9.17, 15) is 0 Å². The van der Waals surface area contributed by atoms with Gasteiger partial charge < -0.3 is 11.1 Å². The third kappa shape index (κ3) is 2.24. The van der Waals surface area contributed by atoms with Gasteiger partial charge in [0, 0.05) is 12.1 Å². The van der Waals surface area contributed by atoms with Crippen LogP contribution in [0.1, 0.15) is 13.8 Å². The second kappa shape index (κ2) is 3.39. The second-order valence-electron chi connectivity index (χ2n) is 2.96. The van der Waals surface area contributed by atoms with Crippen molar-refractivity contribution in [2.24, 2.45) is 0 Å². The fraction of sp³-hybridized carbons (Fsp3) is 0.333. The first-order chi connectivity index (χ1) is 5.20. The maximum atomic E-state index is 3.91. The van der Waals surface area contributed by atoms with Gasteiger partial charge in [-0.2, -0.15) is 0 Å². The Kier molecular flexibility index (Phi) is 2.49. The van der Waals surface area contributed by atoms with Crippen molar-refractivity contribution < 1.29 is 5.73 Å². The minimum absolute atomic E-state index is 0.470. The van der Waals surface area contributed by atoms with Crippen LogP contribution < -0.4 is 11.1 Å². The number of nitrogens with one attached hydrogen (secondary N) is 1. The summed E-state index contributed by atoms with van der Waals surface area (Å²) in [6.07, 6.45) is 0. The molecule has 0 unspecified atom stereocenters. The fourth-order valence-corrected chi connectivity index (χ4v) is 0.972. The lowest BCUT2D eigenvalue weighted by molar-refractivity contribution is -0.253. The number of quaternary nitrogens is 1. The van der Waals surface area contributed by atoms with E-state index in [1.807, 2.05) is 24.3 Å². The quantitative estimate of drug-likeness (QED) is 0.658. The summed E-state index contributed by atoms with van der Waals surface area (Å²) in [5.41, 5.74) is 6.10. The molecule has 0 fully saturated rings. The highest BCUT2D eigenvalue weighted by atomic mass is 14.9. The van der Waals surface area contributed by atoms with E-state index in [1.54, 1.807) is 0 Å². The van der Waals surface area contributed by atoms with Crippen LogP contribution in [0.3, 0.4) is 0 Å². The Morgan fingerprint density at radius 2 is 1.91 bits per heavy atom. The third-order valence-corrected chi connectivity index (χ3v) is 1.46. The molecule has 2 nitrogen and oxygen atoms in total. The topological polar surface area (TPSA) is 39.7 Å². The summed E-state index contributed by atoms with van der Waals surface area (Å²) >= 11 is 0. The van der Waals surface area contributed by atoms with Gasteiger partial charge in [0.2, 0.25) is 0 Å². The first-order valence-corrected chi connectivity index (χ1v) is 3.87. The van der Waals surface area contributed by atoms with Gasteiger partial charge >= 0.3 is 0 Å². The van der Waals surface area contributed by atoms with E-state index < -0.39 is 0 Å². The maximum Gasteiger partial charge on any atom is 0.151 e. The first kappa shape index (κ1) is 8.08. The first-order valence-electron chi connectivity index (χ1n) is 3.87. The Bertz CT molecular complexity index is 231. The van der Waals surface area contributed by atoms with Crippen molar-refractivity contribution in [2.45, 2.75) is 19.9 Å². The Hall–Kier alpha value is -1.02. The molecule has 0 bridgehead atoms. The minimum Gasteiger partial charge on any atom is -0.378 e. The molecule has 1 aromatic rings. The molecule has 0 heterocycles. The molecule has 0 saturated heterocycles. The summed E-state index contributed by atoms with van der Waals surface area (Å²) in [7, 11) is 0. The van der Waals surface area contributed by atoms with Crippen LogP contribution in [-0.2, 0) is 0 Å². The standard InChI is InChI=1S/C9H14N2/c1-7(2)11-9-6-4-3-5-8(9)10/h3-7,11H,10H2,1-2H3/p+1. The van der Waals surface area contributed by atoms with E-state index in [0.717, 1.165) is 11.4 Å². The summed E-state index contributed by atoms with van der Waals surface area (Å²) in [5, 5.41) is 3.31. The van der Waals surface area contributed by atoms with Gasteiger partial charge in [0.05, 0.1) is 5.69 Å². The molecule has 1 aromatic carbocycles. The molecular weight excluding hydrogens is 136 g/mol. The lowest BCUT2D eigenvalue weighted by Crippen LogP contribution is -2.41. The van der Waals surface area contributed by atoms with Crippen LogP contribution in [0.25, 0.3) is 0 Å². The van der Waals surface area contributed by atoms with E-state index >= 15 is 0 Å². The van der Waals surface area contributed by atoms with Gasteiger partial charge in [0.1, 0.15) is 0 Å². The van der Waals surface area contributed by atoms with E-state index in [2.05, 4.69) is 24.9 Å². The van der Waals surface area contributed by atoms with Crippen LogP contribution in [0.5, 0.6) is 0 Å². The van der Waals surface area contributed by atoms with Crippen molar-refractivity contribution in [3.63, 3.8) is 0 Å². The molecule has 0 atom stereocenters. The SMILES string of the molecule is CC(C)Nc1ccccc1[NH3+]. The summed E-state index contributed by atoms with van der Waals surface area (Å²) in [5.74, 6) is 0. The molecular formula is C9H15N2+. The number of rotatable bonds is 2. The molecule has 0 spiro atoms. The van der Waals surface area contributed by atoms with Crippen molar-refractivity contribution in [2.75, 3.05) is 5.32 Å². The number of hydrogen-bond donors (Lipinski definition) is 2. The molecule has 1 rings (SSSR count). The van der Waals surface area contributed by atoms with E-state index in [4.69, 9.17) is 0 Å². The van der Waals surface area contributed by atoms with Crippen LogP contribution in [0.4, 0.5) is 11.4 Å². The van der Waals surface area contributed by atoms with Crippen LogP contribution >= 0.6 is 0 Å². The Morgan fingerprint density at radius 1 is 1.27 bits per heavy atom. The molecule has 0 aliphatic heterocycles. The zero-order valence-electron chi connectivity index (χ0n) is 7.09. The van der Waals surface area contributed by atoms with E-state index in [0.29, 0.717) is 6.04 Å². The summed E-state index contributed by atoms with van der Waals surface area (Å²) in [6.45, 7) is 4.24. The Balaban J connectivity index is 2.78. The normalized spacial score (nSPS) is 10.2. The summed E-state index contributed by atoms with van der Waals surface area (Å²) in [6, 6.07) is 8.53. The van der Waals surface area contributed by atoms with Crippen molar-refractivity contribution >= 4 is 11.4 Å². The van der Waals surface area contributed by atoms with Gasteiger partial charge in [0.25, 0.3) is 0 Å². The molecule has 11 heavy (non-hydrogen) atoms. The van der Waals surface area contributed by atoms with Gasteiger partial charge in [-0.15, -0.1) is 0 Å². The lowest BCUT2D eigenvalue weighted by Gasteiger charge is -2.09. The average Bonchev–Trinajstić information content (AvgIpc) is 1.93. The second-order valence-corrected chi connectivity index (χ2v) is 2.96. The zero-order valence-corrected chi connectivity index (χ0v) is 7.09. The molecule has 0 aliphatic rings. The molecule has 0 aliphatic carbocycles. The van der Waals surface area contributed by atoms with Gasteiger partial charge in [-0.1, -0.05) is 12.1 Å². The highest BCUT2D eigenvalue weighted by molar-refractivity contribution is 5.60. The van der Waals surface area contributed by atoms with Gasteiger partial charge in [0.15, 0.2) is 5.69 Å². The monoisotopic (exact) mass is 151 g/mol. The Labute approximate surface area is 67.4 Å². The van der Waals surface area contributed by atoms with Crippen LogP contribution in [0, 0.1) is 0 Å². The largest absolute Gasteiger partial charge is 0.378 e. The molecule has 4 N–H and O–H groups in total. The highest BCUT2D eigenvalue weighted by Gasteiger charge is 2.00. The van der Waals surface area contributed by atoms with Crippen LogP contribution in [0.2, 0.25) is 0 Å². The molecule has 2 heteroatoms. The van der Waals surface area contributed by atoms with Gasteiger partial charge in [-0.25, -0.2) is 0 Å². The number of para-hydroxylation sites is 1. The number of anilines is 1.